The van der Waals surface area contributed by atoms with E-state index in [4.69, 9.17) is 9.16 Å². The van der Waals surface area contributed by atoms with Crippen molar-refractivity contribution in [3.05, 3.63) is 60.7 Å². The van der Waals surface area contributed by atoms with Gasteiger partial charge in [-0.3, -0.25) is 4.79 Å². The number of carbonyl (C=O) groups is 1. The lowest BCUT2D eigenvalue weighted by Gasteiger charge is -2.43. The average Bonchev–Trinajstić information content (AvgIpc) is 3.02. The summed E-state index contributed by atoms with van der Waals surface area (Å²) in [4.78, 5) is 11.4. The first-order valence-corrected chi connectivity index (χ1v) is 10.7. The van der Waals surface area contributed by atoms with Crippen molar-refractivity contribution in [1.29, 1.82) is 0 Å². The molecule has 3 nitrogen and oxygen atoms in total. The predicted octanol–water partition coefficient (Wildman–Crippen LogP) is 3.13. The van der Waals surface area contributed by atoms with Crippen molar-refractivity contribution >= 4 is 24.7 Å². The van der Waals surface area contributed by atoms with Gasteiger partial charge in [0.2, 0.25) is 0 Å². The maximum Gasteiger partial charge on any atom is 0.306 e. The summed E-state index contributed by atoms with van der Waals surface area (Å²) in [6.45, 7) is 7.80. The summed E-state index contributed by atoms with van der Waals surface area (Å²) >= 11 is 0. The molecule has 1 atom stereocenters. The molecule has 0 radical (unpaired) electrons. The lowest BCUT2D eigenvalue weighted by molar-refractivity contribution is -0.137. The summed E-state index contributed by atoms with van der Waals surface area (Å²) in [5.41, 5.74) is 0. The average molecular weight is 355 g/mol. The van der Waals surface area contributed by atoms with Gasteiger partial charge in [-0.2, -0.15) is 0 Å². The van der Waals surface area contributed by atoms with Gasteiger partial charge < -0.3 is 9.16 Å². The first-order chi connectivity index (χ1) is 11.9. The molecule has 0 unspecified atom stereocenters. The molecule has 0 spiro atoms. The largest absolute Gasteiger partial charge is 0.465 e. The molecule has 1 aliphatic heterocycles. The highest BCUT2D eigenvalue weighted by Gasteiger charge is 2.50. The summed E-state index contributed by atoms with van der Waals surface area (Å²) in [6, 6.07) is 21.1. The molecule has 0 bridgehead atoms. The van der Waals surface area contributed by atoms with Crippen molar-refractivity contribution in [2.75, 3.05) is 13.2 Å². The van der Waals surface area contributed by atoms with E-state index in [0.29, 0.717) is 19.6 Å². The highest BCUT2D eigenvalue weighted by atomic mass is 28.4. The van der Waals surface area contributed by atoms with Crippen LogP contribution in [-0.2, 0) is 14.0 Å². The molecule has 1 fully saturated rings. The van der Waals surface area contributed by atoms with Crippen LogP contribution >= 0.6 is 0 Å². The standard InChI is InChI=1S/C21H26O3Si/c1-21(2,3)25(18-10-6-4-7-11-18,19-12-8-5-9-13-19)24-16-17-14-20(22)23-15-17/h4-13,17H,14-16H2,1-3H3/t17-/m1/s1. The Kier molecular flexibility index (Phi) is 5.11. The van der Waals surface area contributed by atoms with Crippen LogP contribution < -0.4 is 10.4 Å². The number of cyclic esters (lactones) is 1. The second-order valence-corrected chi connectivity index (χ2v) is 12.0. The third-order valence-electron chi connectivity index (χ3n) is 4.89. The molecule has 4 heteroatoms. The van der Waals surface area contributed by atoms with Crippen molar-refractivity contribution in [1.82, 2.24) is 0 Å². The van der Waals surface area contributed by atoms with Crippen LogP contribution in [0.1, 0.15) is 27.2 Å². The van der Waals surface area contributed by atoms with Crippen LogP contribution in [0.2, 0.25) is 5.04 Å². The van der Waals surface area contributed by atoms with E-state index in [1.54, 1.807) is 0 Å². The third kappa shape index (κ3) is 3.55. The van der Waals surface area contributed by atoms with Crippen LogP contribution in [0.15, 0.2) is 60.7 Å². The molecule has 3 rings (SSSR count). The molecule has 0 saturated carbocycles. The van der Waals surface area contributed by atoms with Crippen LogP contribution in [0.4, 0.5) is 0 Å². The summed E-state index contributed by atoms with van der Waals surface area (Å²) in [7, 11) is -2.51. The van der Waals surface area contributed by atoms with Gasteiger partial charge in [0.1, 0.15) is 0 Å². The smallest absolute Gasteiger partial charge is 0.306 e. The molecule has 1 saturated heterocycles. The monoisotopic (exact) mass is 354 g/mol. The van der Waals surface area contributed by atoms with E-state index in [1.165, 1.54) is 10.4 Å². The van der Waals surface area contributed by atoms with Crippen molar-refractivity contribution < 1.29 is 14.0 Å². The van der Waals surface area contributed by atoms with Gasteiger partial charge in [0.25, 0.3) is 8.32 Å². The molecule has 25 heavy (non-hydrogen) atoms. The summed E-state index contributed by atoms with van der Waals surface area (Å²) in [6.07, 6.45) is 0.457. The van der Waals surface area contributed by atoms with E-state index in [2.05, 4.69) is 69.3 Å². The lowest BCUT2D eigenvalue weighted by atomic mass is 10.1. The Bertz CT molecular complexity index is 667. The van der Waals surface area contributed by atoms with Crippen LogP contribution in [0.3, 0.4) is 0 Å². The Morgan fingerprint density at radius 3 is 1.92 bits per heavy atom. The number of carbonyl (C=O) groups excluding carboxylic acids is 1. The molecule has 0 N–H and O–H groups in total. The third-order valence-corrected chi connectivity index (χ3v) is 9.89. The molecule has 0 aromatic heterocycles. The van der Waals surface area contributed by atoms with E-state index >= 15 is 0 Å². The minimum absolute atomic E-state index is 0.0425. The van der Waals surface area contributed by atoms with E-state index in [9.17, 15) is 4.79 Å². The predicted molar refractivity (Wildman–Crippen MR) is 103 cm³/mol. The van der Waals surface area contributed by atoms with E-state index < -0.39 is 8.32 Å². The molecule has 2 aromatic rings. The molecule has 132 valence electrons. The zero-order chi connectivity index (χ0) is 17.9. The van der Waals surface area contributed by atoms with Crippen LogP contribution in [0, 0.1) is 5.92 Å². The van der Waals surface area contributed by atoms with Gasteiger partial charge in [-0.25, -0.2) is 0 Å². The second-order valence-electron chi connectivity index (χ2n) is 7.73. The lowest BCUT2D eigenvalue weighted by Crippen LogP contribution is -2.66. The van der Waals surface area contributed by atoms with Crippen molar-refractivity contribution in [3.8, 4) is 0 Å². The Hall–Kier alpha value is -1.91. The minimum Gasteiger partial charge on any atom is -0.465 e. The zero-order valence-electron chi connectivity index (χ0n) is 15.2. The summed E-state index contributed by atoms with van der Waals surface area (Å²) in [5.74, 6) is 0.0326. The number of benzene rings is 2. The Balaban J connectivity index is 2.04. The van der Waals surface area contributed by atoms with E-state index in [1.807, 2.05) is 12.1 Å². The van der Waals surface area contributed by atoms with Crippen LogP contribution in [0.25, 0.3) is 0 Å². The Morgan fingerprint density at radius 1 is 1.00 bits per heavy atom. The maximum atomic E-state index is 11.4. The first-order valence-electron chi connectivity index (χ1n) is 8.84. The van der Waals surface area contributed by atoms with Crippen molar-refractivity contribution in [2.24, 2.45) is 5.92 Å². The Labute approximate surface area is 151 Å². The molecule has 1 aliphatic rings. The summed E-state index contributed by atoms with van der Waals surface area (Å²) < 4.78 is 11.9. The van der Waals surface area contributed by atoms with Gasteiger partial charge in [0.15, 0.2) is 0 Å². The number of esters is 1. The zero-order valence-corrected chi connectivity index (χ0v) is 16.2. The first kappa shape index (κ1) is 17.9. The number of rotatable bonds is 5. The number of hydrogen-bond donors (Lipinski definition) is 0. The molecule has 0 aliphatic carbocycles. The van der Waals surface area contributed by atoms with E-state index in [0.717, 1.165) is 0 Å². The normalized spacial score (nSPS) is 18.2. The number of hydrogen-bond acceptors (Lipinski definition) is 3. The fourth-order valence-corrected chi connectivity index (χ4v) is 8.32. The molecular formula is C21H26O3Si. The minimum atomic E-state index is -2.51. The van der Waals surface area contributed by atoms with Gasteiger partial charge in [-0.1, -0.05) is 81.4 Å². The van der Waals surface area contributed by atoms with Crippen molar-refractivity contribution in [2.45, 2.75) is 32.2 Å². The maximum absolute atomic E-state index is 11.4. The SMILES string of the molecule is CC(C)(C)[Si](OC[C@H]1COC(=O)C1)(c1ccccc1)c1ccccc1. The molecule has 1 heterocycles. The molecule has 2 aromatic carbocycles. The second kappa shape index (κ2) is 7.14. The highest BCUT2D eigenvalue weighted by molar-refractivity contribution is 6.99. The van der Waals surface area contributed by atoms with E-state index in [-0.39, 0.29) is 16.9 Å². The Morgan fingerprint density at radius 2 is 1.52 bits per heavy atom. The van der Waals surface area contributed by atoms with Gasteiger partial charge in [0.05, 0.1) is 13.0 Å². The fraction of sp³-hybridized carbons (Fsp3) is 0.381. The van der Waals surface area contributed by atoms with Gasteiger partial charge in [-0.05, 0) is 15.4 Å². The van der Waals surface area contributed by atoms with Crippen LogP contribution in [-0.4, -0.2) is 27.5 Å². The molecular weight excluding hydrogens is 328 g/mol. The topological polar surface area (TPSA) is 35.5 Å². The van der Waals surface area contributed by atoms with Crippen LogP contribution in [0.5, 0.6) is 0 Å². The highest BCUT2D eigenvalue weighted by Crippen LogP contribution is 2.37. The number of ether oxygens (including phenoxy) is 1. The van der Waals surface area contributed by atoms with Gasteiger partial charge in [0, 0.05) is 12.5 Å². The summed E-state index contributed by atoms with van der Waals surface area (Å²) in [5, 5.41) is 2.48. The van der Waals surface area contributed by atoms with Gasteiger partial charge >= 0.3 is 5.97 Å². The van der Waals surface area contributed by atoms with Gasteiger partial charge in [-0.15, -0.1) is 0 Å². The molecule has 0 amide bonds. The fourth-order valence-electron chi connectivity index (χ4n) is 3.68. The van der Waals surface area contributed by atoms with Crippen molar-refractivity contribution in [3.63, 3.8) is 0 Å². The quantitative estimate of drug-likeness (QED) is 0.611.